The van der Waals surface area contributed by atoms with Crippen LogP contribution in [0.3, 0.4) is 0 Å². The molecule has 0 saturated heterocycles. The number of hydrogen-bond acceptors (Lipinski definition) is 6. The first-order chi connectivity index (χ1) is 10.0. The molecule has 6 nitrogen and oxygen atoms in total. The largest absolute Gasteiger partial charge is 0.497 e. The van der Waals surface area contributed by atoms with Gasteiger partial charge in [-0.2, -0.15) is 0 Å². The first kappa shape index (κ1) is 17.8. The molecule has 0 amide bonds. The van der Waals surface area contributed by atoms with E-state index in [0.717, 1.165) is 0 Å². The minimum absolute atomic E-state index is 0.484. The lowest BCUT2D eigenvalue weighted by Crippen LogP contribution is -2.39. The number of esters is 1. The fraction of sp³-hybridized carbons (Fsp3) is 0.500. The molecule has 1 aromatic rings. The Balaban J connectivity index is 2.75. The molecule has 2 N–H and O–H groups in total. The van der Waals surface area contributed by atoms with Crippen LogP contribution in [0.1, 0.15) is 40.2 Å². The maximum absolute atomic E-state index is 12.0. The second-order valence-electron chi connectivity index (χ2n) is 6.38. The highest BCUT2D eigenvalue weighted by molar-refractivity contribution is 5.82. The highest BCUT2D eigenvalue weighted by Gasteiger charge is 2.35. The van der Waals surface area contributed by atoms with Gasteiger partial charge in [-0.1, -0.05) is 5.16 Å². The highest BCUT2D eigenvalue weighted by atomic mass is 16.7. The van der Waals surface area contributed by atoms with Crippen LogP contribution >= 0.6 is 0 Å². The van der Waals surface area contributed by atoms with Crippen LogP contribution in [0.25, 0.3) is 0 Å². The summed E-state index contributed by atoms with van der Waals surface area (Å²) < 4.78 is 10.4. The summed E-state index contributed by atoms with van der Waals surface area (Å²) in [6.45, 7) is 8.58. The van der Waals surface area contributed by atoms with Crippen molar-refractivity contribution in [3.63, 3.8) is 0 Å². The van der Waals surface area contributed by atoms with Crippen molar-refractivity contribution < 1.29 is 19.1 Å². The maximum atomic E-state index is 12.0. The van der Waals surface area contributed by atoms with Crippen LogP contribution in [0, 0.1) is 0 Å². The molecule has 0 aliphatic heterocycles. The average Bonchev–Trinajstić information content (AvgIpc) is 2.35. The minimum atomic E-state index is -1.19. The number of carbonyl (C=O) groups is 1. The van der Waals surface area contributed by atoms with E-state index in [1.807, 2.05) is 0 Å². The minimum Gasteiger partial charge on any atom is -0.497 e. The number of ether oxygens (including phenoxy) is 2. The Kier molecular flexibility index (Phi) is 5.41. The summed E-state index contributed by atoms with van der Waals surface area (Å²) in [5.41, 5.74) is 5.24. The molecule has 0 spiro atoms. The van der Waals surface area contributed by atoms with Crippen molar-refractivity contribution in [3.05, 3.63) is 23.8 Å². The predicted molar refractivity (Wildman–Crippen MR) is 86.0 cm³/mol. The molecule has 1 rings (SSSR count). The van der Waals surface area contributed by atoms with Gasteiger partial charge < -0.3 is 20.0 Å². The number of oxime groups is 1. The molecule has 0 heterocycles. The van der Waals surface area contributed by atoms with Crippen molar-refractivity contribution in [2.24, 2.45) is 5.16 Å². The molecule has 0 aliphatic rings. The van der Waals surface area contributed by atoms with Crippen molar-refractivity contribution in [2.75, 3.05) is 12.8 Å². The van der Waals surface area contributed by atoms with E-state index in [4.69, 9.17) is 20.0 Å². The van der Waals surface area contributed by atoms with E-state index in [0.29, 0.717) is 17.0 Å². The Bertz CT molecular complexity index is 560. The molecule has 0 saturated carbocycles. The Labute approximate surface area is 131 Å². The Morgan fingerprint density at radius 3 is 2.36 bits per heavy atom. The number of methoxy groups -OCH3 is 1. The van der Waals surface area contributed by atoms with Crippen LogP contribution in [0.2, 0.25) is 0 Å². The van der Waals surface area contributed by atoms with Crippen LogP contribution in [0.15, 0.2) is 23.4 Å². The number of nitrogens with two attached hydrogens (primary N) is 1. The van der Waals surface area contributed by atoms with Gasteiger partial charge in [-0.15, -0.1) is 0 Å². The van der Waals surface area contributed by atoms with E-state index in [-0.39, 0.29) is 0 Å². The third kappa shape index (κ3) is 5.63. The van der Waals surface area contributed by atoms with E-state index in [1.165, 1.54) is 6.21 Å². The van der Waals surface area contributed by atoms with Crippen LogP contribution in [-0.4, -0.2) is 30.5 Å². The zero-order valence-corrected chi connectivity index (χ0v) is 14.0. The van der Waals surface area contributed by atoms with Crippen molar-refractivity contribution in [1.82, 2.24) is 0 Å². The molecule has 0 fully saturated rings. The molecule has 6 heteroatoms. The number of carbonyl (C=O) groups excluding carboxylic acids is 1. The third-order valence-corrected chi connectivity index (χ3v) is 2.56. The summed E-state index contributed by atoms with van der Waals surface area (Å²) in [6.07, 6.45) is 1.46. The maximum Gasteiger partial charge on any atom is 0.353 e. The molecule has 0 aliphatic carbocycles. The molecule has 0 atom stereocenters. The summed E-state index contributed by atoms with van der Waals surface area (Å²) in [7, 11) is 1.55. The number of anilines is 1. The SMILES string of the molecule is COc1cc(N)cc(/C=N/OC(C)(C)C(=O)OC(C)(C)C)c1. The summed E-state index contributed by atoms with van der Waals surface area (Å²) >= 11 is 0. The van der Waals surface area contributed by atoms with Crippen LogP contribution < -0.4 is 10.5 Å². The molecule has 1 aromatic carbocycles. The molecule has 0 bridgehead atoms. The molecule has 0 aromatic heterocycles. The van der Waals surface area contributed by atoms with Crippen molar-refractivity contribution in [2.45, 2.75) is 45.8 Å². The zero-order chi connectivity index (χ0) is 17.0. The number of rotatable bonds is 5. The number of benzene rings is 1. The quantitative estimate of drug-likeness (QED) is 0.391. The normalized spacial score (nSPS) is 12.3. The fourth-order valence-corrected chi connectivity index (χ4v) is 1.50. The van der Waals surface area contributed by atoms with Crippen LogP contribution in [-0.2, 0) is 14.4 Å². The predicted octanol–water partition coefficient (Wildman–Crippen LogP) is 2.75. The van der Waals surface area contributed by atoms with E-state index < -0.39 is 17.2 Å². The topological polar surface area (TPSA) is 83.1 Å². The van der Waals surface area contributed by atoms with E-state index in [2.05, 4.69) is 5.16 Å². The molecule has 0 unspecified atom stereocenters. The summed E-state index contributed by atoms with van der Waals surface area (Å²) in [6, 6.07) is 5.17. The Morgan fingerprint density at radius 1 is 1.18 bits per heavy atom. The van der Waals surface area contributed by atoms with Gasteiger partial charge in [0.25, 0.3) is 0 Å². The zero-order valence-electron chi connectivity index (χ0n) is 14.0. The summed E-state index contributed by atoms with van der Waals surface area (Å²) in [5.74, 6) is 0.134. The summed E-state index contributed by atoms with van der Waals surface area (Å²) in [5, 5.41) is 3.84. The molecule has 0 radical (unpaired) electrons. The van der Waals surface area contributed by atoms with Gasteiger partial charge in [0, 0.05) is 17.3 Å². The van der Waals surface area contributed by atoms with Gasteiger partial charge in [0.05, 0.1) is 13.3 Å². The molecule has 22 heavy (non-hydrogen) atoms. The Hall–Kier alpha value is -2.24. The Morgan fingerprint density at radius 2 is 1.82 bits per heavy atom. The van der Waals surface area contributed by atoms with Gasteiger partial charge in [0.1, 0.15) is 11.4 Å². The molecular weight excluding hydrogens is 284 g/mol. The van der Waals surface area contributed by atoms with Crippen molar-refractivity contribution in [3.8, 4) is 5.75 Å². The van der Waals surface area contributed by atoms with E-state index >= 15 is 0 Å². The molecule has 122 valence electrons. The first-order valence-corrected chi connectivity index (χ1v) is 6.93. The average molecular weight is 308 g/mol. The van der Waals surface area contributed by atoms with Gasteiger partial charge in [-0.3, -0.25) is 0 Å². The van der Waals surface area contributed by atoms with Crippen LogP contribution in [0.4, 0.5) is 5.69 Å². The van der Waals surface area contributed by atoms with E-state index in [1.54, 1.807) is 59.9 Å². The lowest BCUT2D eigenvalue weighted by molar-refractivity contribution is -0.179. The van der Waals surface area contributed by atoms with Gasteiger partial charge >= 0.3 is 5.97 Å². The lowest BCUT2D eigenvalue weighted by atomic mass is 10.1. The number of nitrogen functional groups attached to an aromatic ring is 1. The number of hydrogen-bond donors (Lipinski definition) is 1. The monoisotopic (exact) mass is 308 g/mol. The smallest absolute Gasteiger partial charge is 0.353 e. The molecular formula is C16H24N2O4. The van der Waals surface area contributed by atoms with Crippen LogP contribution in [0.5, 0.6) is 5.75 Å². The van der Waals surface area contributed by atoms with E-state index in [9.17, 15) is 4.79 Å². The fourth-order valence-electron chi connectivity index (χ4n) is 1.50. The van der Waals surface area contributed by atoms with Gasteiger partial charge in [-0.05, 0) is 46.8 Å². The number of nitrogens with zero attached hydrogens (tertiary/aromatic N) is 1. The van der Waals surface area contributed by atoms with Gasteiger partial charge in [-0.25, -0.2) is 4.79 Å². The van der Waals surface area contributed by atoms with Gasteiger partial charge in [0.2, 0.25) is 5.60 Å². The second-order valence-corrected chi connectivity index (χ2v) is 6.38. The van der Waals surface area contributed by atoms with Crippen molar-refractivity contribution >= 4 is 17.9 Å². The standard InChI is InChI=1S/C16H24N2O4/c1-15(2,3)21-14(19)16(4,5)22-18-10-11-7-12(17)9-13(8-11)20-6/h7-10H,17H2,1-6H3/b18-10+. The first-order valence-electron chi connectivity index (χ1n) is 6.93. The highest BCUT2D eigenvalue weighted by Crippen LogP contribution is 2.19. The van der Waals surface area contributed by atoms with Crippen molar-refractivity contribution in [1.29, 1.82) is 0 Å². The lowest BCUT2D eigenvalue weighted by Gasteiger charge is -2.26. The second kappa shape index (κ2) is 6.68. The summed E-state index contributed by atoms with van der Waals surface area (Å²) in [4.78, 5) is 17.3. The third-order valence-electron chi connectivity index (χ3n) is 2.56. The van der Waals surface area contributed by atoms with Gasteiger partial charge in [0.15, 0.2) is 0 Å².